The van der Waals surface area contributed by atoms with Crippen molar-refractivity contribution in [2.75, 3.05) is 17.7 Å². The van der Waals surface area contributed by atoms with Gasteiger partial charge in [-0.2, -0.15) is 0 Å². The summed E-state index contributed by atoms with van der Waals surface area (Å²) in [4.78, 5) is 48.5. The van der Waals surface area contributed by atoms with Gasteiger partial charge in [0, 0.05) is 18.2 Å². The van der Waals surface area contributed by atoms with Gasteiger partial charge in [0.15, 0.2) is 6.61 Å². The van der Waals surface area contributed by atoms with E-state index in [2.05, 4.69) is 5.32 Å². The molecule has 2 aliphatic heterocycles. The number of nitrogens with zero attached hydrogens (tertiary/aromatic N) is 2. The van der Waals surface area contributed by atoms with Gasteiger partial charge >= 0.3 is 5.97 Å². The molecule has 9 nitrogen and oxygen atoms in total. The molecule has 0 saturated carbocycles. The topological polar surface area (TPSA) is 119 Å². The molecule has 2 fully saturated rings. The molecule has 1 aromatic carbocycles. The Morgan fingerprint density at radius 2 is 2.14 bits per heavy atom. The van der Waals surface area contributed by atoms with Crippen molar-refractivity contribution in [3.8, 4) is 0 Å². The molecule has 10 heteroatoms. The van der Waals surface area contributed by atoms with Crippen LogP contribution in [0.4, 0.5) is 11.4 Å². The number of thioether (sulfide) groups is 1. The highest BCUT2D eigenvalue weighted by Gasteiger charge is 2.53. The normalized spacial score (nSPS) is 23.5. The van der Waals surface area contributed by atoms with Crippen LogP contribution in [0.5, 0.6) is 0 Å². The van der Waals surface area contributed by atoms with Gasteiger partial charge in [0.2, 0.25) is 5.91 Å². The summed E-state index contributed by atoms with van der Waals surface area (Å²) in [5, 5.41) is 13.7. The van der Waals surface area contributed by atoms with Crippen molar-refractivity contribution in [2.24, 2.45) is 0 Å². The van der Waals surface area contributed by atoms with Gasteiger partial charge in [0.1, 0.15) is 11.7 Å². The summed E-state index contributed by atoms with van der Waals surface area (Å²) >= 11 is 1.53. The van der Waals surface area contributed by atoms with Crippen LogP contribution in [-0.2, 0) is 19.1 Å². The predicted molar refractivity (Wildman–Crippen MR) is 103 cm³/mol. The molecule has 2 atom stereocenters. The van der Waals surface area contributed by atoms with Crippen molar-refractivity contribution in [3.63, 3.8) is 0 Å². The van der Waals surface area contributed by atoms with E-state index in [4.69, 9.17) is 4.74 Å². The van der Waals surface area contributed by atoms with Crippen molar-refractivity contribution in [1.82, 2.24) is 4.90 Å². The number of carbonyl (C=O) groups is 3. The number of amides is 2. The molecule has 2 heterocycles. The number of nitro benzene ring substituents is 1. The largest absolute Gasteiger partial charge is 0.454 e. The monoisotopic (exact) mass is 407 g/mol. The van der Waals surface area contributed by atoms with E-state index in [-0.39, 0.29) is 17.3 Å². The van der Waals surface area contributed by atoms with Crippen LogP contribution in [0, 0.1) is 24.0 Å². The molecule has 3 rings (SSSR count). The Kier molecular flexibility index (Phi) is 5.33. The zero-order chi connectivity index (χ0) is 20.6. The average molecular weight is 407 g/mol. The van der Waals surface area contributed by atoms with Crippen LogP contribution in [0.3, 0.4) is 0 Å². The number of nitro groups is 1. The van der Waals surface area contributed by atoms with Crippen LogP contribution >= 0.6 is 11.8 Å². The van der Waals surface area contributed by atoms with Crippen LogP contribution < -0.4 is 5.32 Å². The highest BCUT2D eigenvalue weighted by atomic mass is 32.2. The maximum Gasteiger partial charge on any atom is 0.330 e. The maximum absolute atomic E-state index is 12.4. The number of hydrogen-bond acceptors (Lipinski definition) is 7. The zero-order valence-corrected chi connectivity index (χ0v) is 16.6. The van der Waals surface area contributed by atoms with E-state index < -0.39 is 34.3 Å². The van der Waals surface area contributed by atoms with Gasteiger partial charge in [-0.05, 0) is 38.3 Å². The first-order valence-electron chi connectivity index (χ1n) is 8.81. The van der Waals surface area contributed by atoms with Crippen molar-refractivity contribution < 1.29 is 24.0 Å². The molecule has 1 N–H and O–H groups in total. The Bertz CT molecular complexity index is 873. The minimum Gasteiger partial charge on any atom is -0.454 e. The number of aryl methyl sites for hydroxylation is 1. The molecule has 0 spiro atoms. The maximum atomic E-state index is 12.4. The lowest BCUT2D eigenvalue weighted by atomic mass is 10.1. The molecule has 0 radical (unpaired) electrons. The summed E-state index contributed by atoms with van der Waals surface area (Å²) in [6.45, 7) is 4.78. The molecule has 0 aromatic heterocycles. The number of carbonyl (C=O) groups excluding carboxylic acids is 3. The average Bonchev–Trinajstić information content (AvgIpc) is 3.13. The number of rotatable bonds is 5. The van der Waals surface area contributed by atoms with Gasteiger partial charge in [0.25, 0.3) is 11.6 Å². The van der Waals surface area contributed by atoms with Crippen LogP contribution in [0.2, 0.25) is 0 Å². The fraction of sp³-hybridized carbons (Fsp3) is 0.500. The van der Waals surface area contributed by atoms with Crippen LogP contribution in [0.1, 0.15) is 30.9 Å². The standard InChI is InChI=1S/C18H21N3O6S/c1-10-4-5-12(21(25)26)16(11(10)2)19-14(22)8-27-17(24)13-9-28-18(3)7-6-15(23)20(13)18/h4-5,13H,6-9H2,1-3H3,(H,19,22)/t13-,18+/m1/s1. The smallest absolute Gasteiger partial charge is 0.330 e. The van der Waals surface area contributed by atoms with Crippen LogP contribution in [-0.4, -0.2) is 50.9 Å². The SMILES string of the molecule is Cc1ccc([N+](=O)[O-])c(NC(=O)COC(=O)[C@H]2CS[C@@]3(C)CCC(=O)N23)c1C. The minimum absolute atomic E-state index is 0.0877. The lowest BCUT2D eigenvalue weighted by Gasteiger charge is -2.29. The minimum atomic E-state index is -0.715. The van der Waals surface area contributed by atoms with E-state index in [1.807, 2.05) is 6.92 Å². The predicted octanol–water partition coefficient (Wildman–Crippen LogP) is 2.15. The van der Waals surface area contributed by atoms with E-state index in [0.717, 1.165) is 5.56 Å². The van der Waals surface area contributed by atoms with E-state index in [1.165, 1.54) is 17.8 Å². The number of fused-ring (bicyclic) bond motifs is 1. The molecule has 2 saturated heterocycles. The summed E-state index contributed by atoms with van der Waals surface area (Å²) < 4.78 is 5.10. The fourth-order valence-corrected chi connectivity index (χ4v) is 4.93. The Morgan fingerprint density at radius 3 is 2.82 bits per heavy atom. The molecule has 1 aromatic rings. The summed E-state index contributed by atoms with van der Waals surface area (Å²) in [5.41, 5.74) is 1.21. The second kappa shape index (κ2) is 7.42. The lowest BCUT2D eigenvalue weighted by molar-refractivity contribution is -0.384. The van der Waals surface area contributed by atoms with E-state index >= 15 is 0 Å². The van der Waals surface area contributed by atoms with Gasteiger partial charge in [-0.1, -0.05) is 6.07 Å². The second-order valence-electron chi connectivity index (χ2n) is 7.08. The molecule has 0 aliphatic carbocycles. The van der Waals surface area contributed by atoms with Crippen LogP contribution in [0.15, 0.2) is 12.1 Å². The van der Waals surface area contributed by atoms with E-state index in [9.17, 15) is 24.5 Å². The number of esters is 1. The van der Waals surface area contributed by atoms with Gasteiger partial charge in [-0.3, -0.25) is 19.7 Å². The number of hydrogen-bond donors (Lipinski definition) is 1. The van der Waals surface area contributed by atoms with Crippen molar-refractivity contribution in [2.45, 2.75) is 44.5 Å². The van der Waals surface area contributed by atoms with Gasteiger partial charge in [-0.15, -0.1) is 11.8 Å². The molecule has 2 amide bonds. The Balaban J connectivity index is 1.64. The molecule has 2 aliphatic rings. The fourth-order valence-electron chi connectivity index (χ4n) is 3.52. The van der Waals surface area contributed by atoms with E-state index in [0.29, 0.717) is 24.2 Å². The Labute approximate surface area is 165 Å². The first kappa shape index (κ1) is 20.1. The van der Waals surface area contributed by atoms with Crippen molar-refractivity contribution in [1.29, 1.82) is 0 Å². The quantitative estimate of drug-likeness (QED) is 0.451. The van der Waals surface area contributed by atoms with Gasteiger partial charge in [-0.25, -0.2) is 4.79 Å². The van der Waals surface area contributed by atoms with Crippen molar-refractivity contribution in [3.05, 3.63) is 33.4 Å². The zero-order valence-electron chi connectivity index (χ0n) is 15.8. The lowest BCUT2D eigenvalue weighted by Crippen LogP contribution is -2.47. The van der Waals surface area contributed by atoms with Gasteiger partial charge in [0.05, 0.1) is 9.79 Å². The summed E-state index contributed by atoms with van der Waals surface area (Å²) in [5.74, 6) is -0.987. The molecular formula is C18H21N3O6S. The number of nitrogens with one attached hydrogen (secondary N) is 1. The highest BCUT2D eigenvalue weighted by molar-refractivity contribution is 8.01. The van der Waals surface area contributed by atoms with E-state index in [1.54, 1.807) is 24.8 Å². The summed E-state index contributed by atoms with van der Waals surface area (Å²) in [6.07, 6.45) is 1.07. The molecular weight excluding hydrogens is 386 g/mol. The first-order valence-corrected chi connectivity index (χ1v) is 9.80. The van der Waals surface area contributed by atoms with Crippen LogP contribution in [0.25, 0.3) is 0 Å². The highest BCUT2D eigenvalue weighted by Crippen LogP contribution is 2.47. The second-order valence-corrected chi connectivity index (χ2v) is 8.58. The summed E-state index contributed by atoms with van der Waals surface area (Å²) in [6, 6.07) is 2.21. The molecule has 28 heavy (non-hydrogen) atoms. The first-order chi connectivity index (χ1) is 13.1. The molecule has 0 unspecified atom stereocenters. The Hall–Kier alpha value is -2.62. The number of ether oxygens (including phenoxy) is 1. The number of benzene rings is 1. The third-order valence-corrected chi connectivity index (χ3v) is 6.74. The van der Waals surface area contributed by atoms with Gasteiger partial charge < -0.3 is 15.0 Å². The number of anilines is 1. The third-order valence-electron chi connectivity index (χ3n) is 5.24. The van der Waals surface area contributed by atoms with Crippen molar-refractivity contribution >= 4 is 40.9 Å². The molecule has 150 valence electrons. The molecule has 0 bridgehead atoms. The third kappa shape index (κ3) is 3.56. The summed E-state index contributed by atoms with van der Waals surface area (Å²) in [7, 11) is 0. The Morgan fingerprint density at radius 1 is 1.43 bits per heavy atom.